The predicted molar refractivity (Wildman–Crippen MR) is 62.5 cm³/mol. The lowest BCUT2D eigenvalue weighted by Gasteiger charge is -2.07. The van der Waals surface area contributed by atoms with Gasteiger partial charge in [0.25, 0.3) is 0 Å². The largest absolute Gasteiger partial charge is 0.383 e. The second-order valence-electron chi connectivity index (χ2n) is 3.26. The van der Waals surface area contributed by atoms with E-state index in [1.54, 1.807) is 7.11 Å². The van der Waals surface area contributed by atoms with E-state index < -0.39 is 0 Å². The molecule has 2 nitrogen and oxygen atoms in total. The molecule has 0 spiro atoms. The van der Waals surface area contributed by atoms with Crippen molar-refractivity contribution < 1.29 is 4.74 Å². The van der Waals surface area contributed by atoms with Crippen LogP contribution in [0.1, 0.15) is 11.1 Å². The number of benzene rings is 1. The second kappa shape index (κ2) is 6.17. The van der Waals surface area contributed by atoms with Gasteiger partial charge in [-0.3, -0.25) is 0 Å². The van der Waals surface area contributed by atoms with Crippen molar-refractivity contribution in [2.75, 3.05) is 20.3 Å². The summed E-state index contributed by atoms with van der Waals surface area (Å²) in [4.78, 5) is 0. The van der Waals surface area contributed by atoms with Crippen LogP contribution < -0.4 is 5.32 Å². The maximum atomic E-state index is 4.95. The molecule has 0 atom stereocenters. The Morgan fingerprint density at radius 2 is 2.21 bits per heavy atom. The van der Waals surface area contributed by atoms with E-state index >= 15 is 0 Å². The van der Waals surface area contributed by atoms with E-state index in [2.05, 4.69) is 46.4 Å². The molecule has 0 heterocycles. The third-order valence-electron chi connectivity index (χ3n) is 2.01. The molecule has 0 saturated carbocycles. The van der Waals surface area contributed by atoms with Gasteiger partial charge in [-0.1, -0.05) is 28.1 Å². The Labute approximate surface area is 93.8 Å². The smallest absolute Gasteiger partial charge is 0.0587 e. The lowest BCUT2D eigenvalue weighted by Crippen LogP contribution is -2.18. The first-order chi connectivity index (χ1) is 6.74. The Kier molecular flexibility index (Phi) is 5.15. The highest BCUT2D eigenvalue weighted by Gasteiger charge is 1.98. The van der Waals surface area contributed by atoms with Gasteiger partial charge in [0, 0.05) is 24.7 Å². The quantitative estimate of drug-likeness (QED) is 0.819. The van der Waals surface area contributed by atoms with Gasteiger partial charge in [-0.25, -0.2) is 0 Å². The fraction of sp³-hybridized carbons (Fsp3) is 0.455. The molecular weight excluding hydrogens is 242 g/mol. The Hall–Kier alpha value is -0.380. The van der Waals surface area contributed by atoms with E-state index in [9.17, 15) is 0 Å². The molecule has 0 saturated heterocycles. The van der Waals surface area contributed by atoms with E-state index in [1.165, 1.54) is 15.6 Å². The number of hydrogen-bond donors (Lipinski definition) is 1. The first-order valence-corrected chi connectivity index (χ1v) is 5.48. The molecule has 1 N–H and O–H groups in total. The van der Waals surface area contributed by atoms with Crippen LogP contribution in [0.5, 0.6) is 0 Å². The minimum absolute atomic E-state index is 0.753. The van der Waals surface area contributed by atoms with Crippen molar-refractivity contribution in [3.63, 3.8) is 0 Å². The summed E-state index contributed by atoms with van der Waals surface area (Å²) in [7, 11) is 1.71. The first kappa shape index (κ1) is 11.7. The van der Waals surface area contributed by atoms with Crippen molar-refractivity contribution in [2.45, 2.75) is 13.5 Å². The maximum Gasteiger partial charge on any atom is 0.0587 e. The molecule has 0 unspecified atom stereocenters. The Balaban J connectivity index is 2.42. The van der Waals surface area contributed by atoms with Gasteiger partial charge in [-0.05, 0) is 24.1 Å². The third kappa shape index (κ3) is 3.78. The maximum absolute atomic E-state index is 4.95. The average Bonchev–Trinajstić information content (AvgIpc) is 2.15. The van der Waals surface area contributed by atoms with Crippen molar-refractivity contribution in [1.29, 1.82) is 0 Å². The van der Waals surface area contributed by atoms with Crippen molar-refractivity contribution in [3.8, 4) is 0 Å². The van der Waals surface area contributed by atoms with Crippen LogP contribution in [0.3, 0.4) is 0 Å². The number of methoxy groups -OCH3 is 1. The standard InChI is InChI=1S/C11H16BrNO/c1-9-3-4-10(11(12)7-9)8-13-5-6-14-2/h3-4,7,13H,5-6,8H2,1-2H3. The molecule has 0 bridgehead atoms. The van der Waals surface area contributed by atoms with Crippen LogP contribution in [0.15, 0.2) is 22.7 Å². The molecule has 1 rings (SSSR count). The predicted octanol–water partition coefficient (Wildman–Crippen LogP) is 2.49. The molecule has 78 valence electrons. The summed E-state index contributed by atoms with van der Waals surface area (Å²) in [5.41, 5.74) is 2.56. The molecule has 0 amide bonds. The zero-order chi connectivity index (χ0) is 10.4. The molecule has 0 aromatic heterocycles. The summed E-state index contributed by atoms with van der Waals surface area (Å²) in [5, 5.41) is 3.31. The number of nitrogens with one attached hydrogen (secondary N) is 1. The molecule has 0 aliphatic heterocycles. The Bertz CT molecular complexity index is 289. The normalized spacial score (nSPS) is 10.5. The molecule has 0 aliphatic carbocycles. The summed E-state index contributed by atoms with van der Waals surface area (Å²) in [6.07, 6.45) is 0. The van der Waals surface area contributed by atoms with Crippen LogP contribution in [-0.2, 0) is 11.3 Å². The number of halogens is 1. The molecule has 1 aromatic rings. The molecule has 14 heavy (non-hydrogen) atoms. The highest BCUT2D eigenvalue weighted by Crippen LogP contribution is 2.17. The molecule has 0 radical (unpaired) electrons. The van der Waals surface area contributed by atoms with Crippen LogP contribution in [0.25, 0.3) is 0 Å². The van der Waals surface area contributed by atoms with E-state index in [-0.39, 0.29) is 0 Å². The van der Waals surface area contributed by atoms with Crippen molar-refractivity contribution >= 4 is 15.9 Å². The van der Waals surface area contributed by atoms with Crippen molar-refractivity contribution in [1.82, 2.24) is 5.32 Å². The number of rotatable bonds is 5. The lowest BCUT2D eigenvalue weighted by molar-refractivity contribution is 0.199. The molecule has 0 aliphatic rings. The minimum Gasteiger partial charge on any atom is -0.383 e. The highest BCUT2D eigenvalue weighted by molar-refractivity contribution is 9.10. The third-order valence-corrected chi connectivity index (χ3v) is 2.75. The van der Waals surface area contributed by atoms with Crippen LogP contribution in [0, 0.1) is 6.92 Å². The van der Waals surface area contributed by atoms with Crippen molar-refractivity contribution in [3.05, 3.63) is 33.8 Å². The van der Waals surface area contributed by atoms with Gasteiger partial charge in [-0.15, -0.1) is 0 Å². The van der Waals surface area contributed by atoms with Crippen LogP contribution in [0.4, 0.5) is 0 Å². The summed E-state index contributed by atoms with van der Waals surface area (Å²) in [6, 6.07) is 6.39. The Morgan fingerprint density at radius 1 is 1.43 bits per heavy atom. The number of hydrogen-bond acceptors (Lipinski definition) is 2. The molecule has 0 fully saturated rings. The first-order valence-electron chi connectivity index (χ1n) is 4.68. The van der Waals surface area contributed by atoms with Gasteiger partial charge < -0.3 is 10.1 Å². The van der Waals surface area contributed by atoms with E-state index in [4.69, 9.17) is 4.74 Å². The zero-order valence-electron chi connectivity index (χ0n) is 8.64. The van der Waals surface area contributed by atoms with Gasteiger partial charge in [0.05, 0.1) is 6.61 Å². The second-order valence-corrected chi connectivity index (χ2v) is 4.12. The highest BCUT2D eigenvalue weighted by atomic mass is 79.9. The van der Waals surface area contributed by atoms with Crippen molar-refractivity contribution in [2.24, 2.45) is 0 Å². The lowest BCUT2D eigenvalue weighted by atomic mass is 10.1. The summed E-state index contributed by atoms with van der Waals surface area (Å²) < 4.78 is 6.12. The molecular formula is C11H16BrNO. The van der Waals surface area contributed by atoms with E-state index in [1.807, 2.05) is 0 Å². The van der Waals surface area contributed by atoms with E-state index in [0.29, 0.717) is 0 Å². The topological polar surface area (TPSA) is 21.3 Å². The molecule has 1 aromatic carbocycles. The average molecular weight is 258 g/mol. The SMILES string of the molecule is COCCNCc1ccc(C)cc1Br. The van der Waals surface area contributed by atoms with Crippen LogP contribution >= 0.6 is 15.9 Å². The minimum atomic E-state index is 0.753. The van der Waals surface area contributed by atoms with Gasteiger partial charge >= 0.3 is 0 Å². The fourth-order valence-corrected chi connectivity index (χ4v) is 1.83. The van der Waals surface area contributed by atoms with Gasteiger partial charge in [0.15, 0.2) is 0 Å². The summed E-state index contributed by atoms with van der Waals surface area (Å²) >= 11 is 3.55. The molecule has 3 heteroatoms. The number of ether oxygens (including phenoxy) is 1. The van der Waals surface area contributed by atoms with E-state index in [0.717, 1.165) is 19.7 Å². The van der Waals surface area contributed by atoms with Crippen LogP contribution in [-0.4, -0.2) is 20.3 Å². The monoisotopic (exact) mass is 257 g/mol. The number of aryl methyl sites for hydroxylation is 1. The Morgan fingerprint density at radius 3 is 2.86 bits per heavy atom. The van der Waals surface area contributed by atoms with Gasteiger partial charge in [0.2, 0.25) is 0 Å². The van der Waals surface area contributed by atoms with Gasteiger partial charge in [0.1, 0.15) is 0 Å². The van der Waals surface area contributed by atoms with Crippen LogP contribution in [0.2, 0.25) is 0 Å². The zero-order valence-corrected chi connectivity index (χ0v) is 10.2. The summed E-state index contributed by atoms with van der Waals surface area (Å²) in [6.45, 7) is 4.61. The summed E-state index contributed by atoms with van der Waals surface area (Å²) in [5.74, 6) is 0. The van der Waals surface area contributed by atoms with Gasteiger partial charge in [-0.2, -0.15) is 0 Å². The fourth-order valence-electron chi connectivity index (χ4n) is 1.19.